The van der Waals surface area contributed by atoms with Gasteiger partial charge in [-0.25, -0.2) is 14.6 Å². The van der Waals surface area contributed by atoms with Crippen LogP contribution in [0, 0.1) is 6.07 Å². The van der Waals surface area contributed by atoms with Gasteiger partial charge in [0.05, 0.1) is 23.6 Å². The molecule has 0 bridgehead atoms. The van der Waals surface area contributed by atoms with Crippen LogP contribution < -0.4 is 0 Å². The molecule has 2 aromatic carbocycles. The first kappa shape index (κ1) is 13.7. The highest BCUT2D eigenvalue weighted by molar-refractivity contribution is 9.10. The minimum Gasteiger partial charge on any atom is -0.300 e. The van der Waals surface area contributed by atoms with Crippen LogP contribution in [0.5, 0.6) is 0 Å². The first-order chi connectivity index (χ1) is 11.8. The molecule has 2 aromatic heterocycles. The molecule has 0 amide bonds. The summed E-state index contributed by atoms with van der Waals surface area (Å²) in [4.78, 5) is 9.10. The highest BCUT2D eigenvalue weighted by Gasteiger charge is 2.24. The van der Waals surface area contributed by atoms with Gasteiger partial charge in [-0.05, 0) is 24.3 Å². The van der Waals surface area contributed by atoms with E-state index in [1.54, 1.807) is 6.33 Å². The van der Waals surface area contributed by atoms with E-state index < -0.39 is 0 Å². The van der Waals surface area contributed by atoms with Crippen molar-refractivity contribution in [2.75, 3.05) is 0 Å². The van der Waals surface area contributed by atoms with Gasteiger partial charge >= 0.3 is 0 Å². The first-order valence-corrected chi connectivity index (χ1v) is 8.32. The average molecular weight is 377 g/mol. The van der Waals surface area contributed by atoms with Gasteiger partial charge in [-0.3, -0.25) is 4.57 Å². The van der Waals surface area contributed by atoms with Gasteiger partial charge in [-0.15, -0.1) is 0 Å². The van der Waals surface area contributed by atoms with Crippen molar-refractivity contribution >= 4 is 15.9 Å². The van der Waals surface area contributed by atoms with Crippen LogP contribution in [0.3, 0.4) is 0 Å². The number of nitrogens with zero attached hydrogens (tertiary/aromatic N) is 5. The van der Waals surface area contributed by atoms with Crippen LogP contribution in [0.2, 0.25) is 0 Å². The van der Waals surface area contributed by atoms with Crippen molar-refractivity contribution in [2.45, 2.75) is 6.54 Å². The second-order valence-electron chi connectivity index (χ2n) is 5.59. The maximum Gasteiger partial charge on any atom is 0.160 e. The summed E-state index contributed by atoms with van der Waals surface area (Å²) < 4.78 is 5.04. The number of hydrogen-bond donors (Lipinski definition) is 0. The van der Waals surface area contributed by atoms with Gasteiger partial charge in [-0.1, -0.05) is 40.2 Å². The largest absolute Gasteiger partial charge is 0.300 e. The molecule has 115 valence electrons. The quantitative estimate of drug-likeness (QED) is 0.447. The van der Waals surface area contributed by atoms with Crippen molar-refractivity contribution in [1.82, 2.24) is 24.3 Å². The Morgan fingerprint density at radius 2 is 2.08 bits per heavy atom. The zero-order valence-electron chi connectivity index (χ0n) is 12.5. The smallest absolute Gasteiger partial charge is 0.160 e. The lowest BCUT2D eigenvalue weighted by atomic mass is 10.1. The molecule has 0 fully saturated rings. The van der Waals surface area contributed by atoms with E-state index in [0.29, 0.717) is 6.54 Å². The predicted molar refractivity (Wildman–Crippen MR) is 93.7 cm³/mol. The van der Waals surface area contributed by atoms with E-state index in [1.807, 2.05) is 41.3 Å². The van der Waals surface area contributed by atoms with Crippen LogP contribution in [0.25, 0.3) is 28.3 Å². The third-order valence-corrected chi connectivity index (χ3v) is 4.70. The molecule has 1 radical (unpaired) electrons. The maximum atomic E-state index is 4.65. The van der Waals surface area contributed by atoms with Crippen molar-refractivity contribution in [3.05, 3.63) is 71.4 Å². The standard InChI is InChI=1S/C18H11BrN5/c19-13-6-7-15-14(8-13)18-20-10-22-24(18)9-16-17(21-11-23(15)16)12-4-2-1-3-5-12/h1-4,6-8,10-11H,9H2. The molecule has 1 aliphatic heterocycles. The van der Waals surface area contributed by atoms with Gasteiger partial charge in [0.15, 0.2) is 5.82 Å². The minimum atomic E-state index is 0.611. The molecule has 0 N–H and O–H groups in total. The average Bonchev–Trinajstić information content (AvgIpc) is 3.21. The number of hydrogen-bond acceptors (Lipinski definition) is 3. The first-order valence-electron chi connectivity index (χ1n) is 7.52. The summed E-state index contributed by atoms with van der Waals surface area (Å²) in [6.07, 6.45) is 3.46. The molecule has 5 rings (SSSR count). The van der Waals surface area contributed by atoms with Gasteiger partial charge in [-0.2, -0.15) is 5.10 Å². The monoisotopic (exact) mass is 376 g/mol. The van der Waals surface area contributed by atoms with Crippen molar-refractivity contribution in [3.8, 4) is 28.3 Å². The Morgan fingerprint density at radius 1 is 1.12 bits per heavy atom. The van der Waals surface area contributed by atoms with E-state index in [2.05, 4.69) is 53.8 Å². The van der Waals surface area contributed by atoms with Crippen molar-refractivity contribution in [2.24, 2.45) is 0 Å². The van der Waals surface area contributed by atoms with E-state index in [0.717, 1.165) is 38.5 Å². The second-order valence-corrected chi connectivity index (χ2v) is 6.50. The van der Waals surface area contributed by atoms with E-state index in [1.165, 1.54) is 0 Å². The highest BCUT2D eigenvalue weighted by Crippen LogP contribution is 2.35. The summed E-state index contributed by atoms with van der Waals surface area (Å²) in [5.74, 6) is 0.859. The molecule has 6 heteroatoms. The fourth-order valence-electron chi connectivity index (χ4n) is 3.13. The SMILES string of the molecule is Brc1ccc2c(c1)-c1ncnn1Cc1c(-c3[c]cccc3)ncn1-2. The predicted octanol–water partition coefficient (Wildman–Crippen LogP) is 3.72. The molecule has 1 aliphatic rings. The Balaban J connectivity index is 1.82. The zero-order chi connectivity index (χ0) is 16.1. The van der Waals surface area contributed by atoms with Crippen molar-refractivity contribution in [1.29, 1.82) is 0 Å². The molecular formula is C18H11BrN5. The molecule has 4 aromatic rings. The molecule has 0 atom stereocenters. The number of fused-ring (bicyclic) bond motifs is 5. The van der Waals surface area contributed by atoms with Crippen LogP contribution in [-0.4, -0.2) is 24.3 Å². The Hall–Kier alpha value is -2.73. The summed E-state index contributed by atoms with van der Waals surface area (Å²) in [6.45, 7) is 0.611. The van der Waals surface area contributed by atoms with Gasteiger partial charge in [0.1, 0.15) is 12.7 Å². The Bertz CT molecular complexity index is 1050. The number of halogens is 1. The Morgan fingerprint density at radius 3 is 2.96 bits per heavy atom. The van der Waals surface area contributed by atoms with E-state index in [-0.39, 0.29) is 0 Å². The number of rotatable bonds is 1. The molecule has 0 saturated carbocycles. The maximum absolute atomic E-state index is 4.65. The van der Waals surface area contributed by atoms with Crippen LogP contribution in [0.1, 0.15) is 5.69 Å². The summed E-state index contributed by atoms with van der Waals surface area (Å²) in [7, 11) is 0. The van der Waals surface area contributed by atoms with Crippen LogP contribution in [-0.2, 0) is 6.54 Å². The summed E-state index contributed by atoms with van der Waals surface area (Å²) in [6, 6.07) is 17.3. The Labute approximate surface area is 146 Å². The van der Waals surface area contributed by atoms with Crippen LogP contribution in [0.4, 0.5) is 0 Å². The Kier molecular flexibility index (Phi) is 2.93. The van der Waals surface area contributed by atoms with E-state index in [4.69, 9.17) is 0 Å². The molecule has 5 nitrogen and oxygen atoms in total. The molecule has 0 spiro atoms. The molecule has 0 saturated heterocycles. The third kappa shape index (κ3) is 1.96. The van der Waals surface area contributed by atoms with E-state index >= 15 is 0 Å². The summed E-state index contributed by atoms with van der Waals surface area (Å²) >= 11 is 3.55. The van der Waals surface area contributed by atoms with Gasteiger partial charge in [0.25, 0.3) is 0 Å². The second kappa shape index (κ2) is 5.14. The van der Waals surface area contributed by atoms with Gasteiger partial charge in [0, 0.05) is 15.6 Å². The van der Waals surface area contributed by atoms with Crippen molar-refractivity contribution in [3.63, 3.8) is 0 Å². The lowest BCUT2D eigenvalue weighted by Crippen LogP contribution is -2.05. The summed E-state index contributed by atoms with van der Waals surface area (Å²) in [5, 5.41) is 4.40. The lowest BCUT2D eigenvalue weighted by molar-refractivity contribution is 0.678. The lowest BCUT2D eigenvalue weighted by Gasteiger charge is -2.09. The fraction of sp³-hybridized carbons (Fsp3) is 0.0556. The highest BCUT2D eigenvalue weighted by atomic mass is 79.9. The molecule has 0 unspecified atom stereocenters. The normalized spacial score (nSPS) is 12.2. The summed E-state index contributed by atoms with van der Waals surface area (Å²) in [5.41, 5.74) is 5.06. The van der Waals surface area contributed by atoms with Gasteiger partial charge in [0.2, 0.25) is 0 Å². The number of aromatic nitrogens is 5. The van der Waals surface area contributed by atoms with Gasteiger partial charge < -0.3 is 0 Å². The molecule has 0 aliphatic carbocycles. The third-order valence-electron chi connectivity index (χ3n) is 4.20. The minimum absolute atomic E-state index is 0.611. The van der Waals surface area contributed by atoms with Crippen LogP contribution in [0.15, 0.2) is 59.6 Å². The molecule has 24 heavy (non-hydrogen) atoms. The zero-order valence-corrected chi connectivity index (χ0v) is 14.1. The van der Waals surface area contributed by atoms with Crippen LogP contribution >= 0.6 is 15.9 Å². The fourth-order valence-corrected chi connectivity index (χ4v) is 3.49. The molecule has 3 heterocycles. The number of imidazole rings is 1. The molecular weight excluding hydrogens is 366 g/mol. The number of benzene rings is 2. The topological polar surface area (TPSA) is 48.5 Å². The van der Waals surface area contributed by atoms with E-state index in [9.17, 15) is 0 Å². The van der Waals surface area contributed by atoms with Crippen molar-refractivity contribution < 1.29 is 0 Å².